The van der Waals surface area contributed by atoms with Crippen LogP contribution in [0, 0.1) is 6.92 Å². The molecule has 0 saturated heterocycles. The summed E-state index contributed by atoms with van der Waals surface area (Å²) in [5, 5.41) is 11.7. The van der Waals surface area contributed by atoms with E-state index in [-0.39, 0.29) is 18.6 Å². The van der Waals surface area contributed by atoms with Crippen LogP contribution in [0.5, 0.6) is 0 Å². The minimum atomic E-state index is -0.201. The third-order valence-electron chi connectivity index (χ3n) is 2.76. The van der Waals surface area contributed by atoms with Gasteiger partial charge in [-0.05, 0) is 36.6 Å². The molecule has 1 aromatic rings. The van der Waals surface area contributed by atoms with E-state index in [1.165, 1.54) is 6.08 Å². The number of benzene rings is 1. The van der Waals surface area contributed by atoms with Crippen molar-refractivity contribution < 1.29 is 14.6 Å². The van der Waals surface area contributed by atoms with Gasteiger partial charge in [-0.3, -0.25) is 4.79 Å². The smallest absolute Gasteiger partial charge is 0.244 e. The molecule has 0 radical (unpaired) electrons. The SMILES string of the molecule is COCC(CCO)NC(=O)/C=C/c1ccc(C)cc1Br. The summed E-state index contributed by atoms with van der Waals surface area (Å²) in [7, 11) is 1.57. The summed E-state index contributed by atoms with van der Waals surface area (Å²) >= 11 is 3.46. The lowest BCUT2D eigenvalue weighted by Crippen LogP contribution is -2.37. The third kappa shape index (κ3) is 5.86. The van der Waals surface area contributed by atoms with E-state index in [9.17, 15) is 4.79 Å². The zero-order chi connectivity index (χ0) is 15.0. The molecular formula is C15H20BrNO3. The Hall–Kier alpha value is -1.17. The molecular weight excluding hydrogens is 322 g/mol. The van der Waals surface area contributed by atoms with Gasteiger partial charge in [0.1, 0.15) is 0 Å². The van der Waals surface area contributed by atoms with Crippen molar-refractivity contribution in [3.8, 4) is 0 Å². The second kappa shape index (κ2) is 8.89. The number of methoxy groups -OCH3 is 1. The Labute approximate surface area is 128 Å². The lowest BCUT2D eigenvalue weighted by molar-refractivity contribution is -0.117. The van der Waals surface area contributed by atoms with Gasteiger partial charge in [0.2, 0.25) is 5.91 Å². The molecule has 1 atom stereocenters. The molecule has 2 N–H and O–H groups in total. The van der Waals surface area contributed by atoms with Crippen LogP contribution in [0.1, 0.15) is 17.5 Å². The summed E-state index contributed by atoms with van der Waals surface area (Å²) in [4.78, 5) is 11.8. The summed E-state index contributed by atoms with van der Waals surface area (Å²) in [5.74, 6) is -0.201. The average Bonchev–Trinajstić information content (AvgIpc) is 2.38. The number of carbonyl (C=O) groups excluding carboxylic acids is 1. The number of hydrogen-bond donors (Lipinski definition) is 2. The summed E-state index contributed by atoms with van der Waals surface area (Å²) in [6.45, 7) is 2.41. The first kappa shape index (κ1) is 16.9. The molecule has 0 fully saturated rings. The highest BCUT2D eigenvalue weighted by Crippen LogP contribution is 2.19. The number of nitrogens with one attached hydrogen (secondary N) is 1. The van der Waals surface area contributed by atoms with Crippen LogP contribution in [0.15, 0.2) is 28.7 Å². The van der Waals surface area contributed by atoms with Crippen LogP contribution in [0.2, 0.25) is 0 Å². The van der Waals surface area contributed by atoms with Crippen molar-refractivity contribution >= 4 is 27.9 Å². The molecule has 20 heavy (non-hydrogen) atoms. The monoisotopic (exact) mass is 341 g/mol. The summed E-state index contributed by atoms with van der Waals surface area (Å²) in [6, 6.07) is 5.76. The Bertz CT molecular complexity index is 468. The van der Waals surface area contributed by atoms with E-state index < -0.39 is 0 Å². The van der Waals surface area contributed by atoms with Crippen LogP contribution in [0.3, 0.4) is 0 Å². The predicted octanol–water partition coefficient (Wildman–Crippen LogP) is 2.28. The average molecular weight is 342 g/mol. The van der Waals surface area contributed by atoms with Crippen LogP contribution < -0.4 is 5.32 Å². The number of halogens is 1. The number of ether oxygens (including phenoxy) is 1. The van der Waals surface area contributed by atoms with Gasteiger partial charge < -0.3 is 15.2 Å². The van der Waals surface area contributed by atoms with E-state index in [1.807, 2.05) is 25.1 Å². The highest BCUT2D eigenvalue weighted by Gasteiger charge is 2.09. The Morgan fingerprint density at radius 3 is 2.90 bits per heavy atom. The topological polar surface area (TPSA) is 58.6 Å². The molecule has 1 rings (SSSR count). The fraction of sp³-hybridized carbons (Fsp3) is 0.400. The number of carbonyl (C=O) groups is 1. The maximum absolute atomic E-state index is 11.8. The number of rotatable bonds is 7. The second-order valence-corrected chi connectivity index (χ2v) is 5.39. The van der Waals surface area contributed by atoms with Gasteiger partial charge in [0.25, 0.3) is 0 Å². The molecule has 0 spiro atoms. The van der Waals surface area contributed by atoms with Gasteiger partial charge in [-0.15, -0.1) is 0 Å². The van der Waals surface area contributed by atoms with Crippen molar-refractivity contribution in [2.75, 3.05) is 20.3 Å². The summed E-state index contributed by atoms with van der Waals surface area (Å²) < 4.78 is 5.94. The van der Waals surface area contributed by atoms with E-state index >= 15 is 0 Å². The van der Waals surface area contributed by atoms with Crippen molar-refractivity contribution in [2.45, 2.75) is 19.4 Å². The molecule has 0 saturated carbocycles. The number of hydrogen-bond acceptors (Lipinski definition) is 3. The van der Waals surface area contributed by atoms with Gasteiger partial charge in [0.05, 0.1) is 12.6 Å². The van der Waals surface area contributed by atoms with Gasteiger partial charge in [-0.2, -0.15) is 0 Å². The quantitative estimate of drug-likeness (QED) is 0.748. The Morgan fingerprint density at radius 1 is 1.55 bits per heavy atom. The summed E-state index contributed by atoms with van der Waals surface area (Å²) in [5.41, 5.74) is 2.10. The van der Waals surface area contributed by atoms with Gasteiger partial charge in [-0.1, -0.05) is 28.1 Å². The van der Waals surface area contributed by atoms with Crippen LogP contribution in [0.25, 0.3) is 6.08 Å². The normalized spacial score (nSPS) is 12.6. The van der Waals surface area contributed by atoms with E-state index in [0.717, 1.165) is 15.6 Å². The molecule has 110 valence electrons. The Morgan fingerprint density at radius 2 is 2.30 bits per heavy atom. The molecule has 0 aromatic heterocycles. The predicted molar refractivity (Wildman–Crippen MR) is 83.4 cm³/mol. The van der Waals surface area contributed by atoms with Crippen LogP contribution >= 0.6 is 15.9 Å². The molecule has 0 heterocycles. The lowest BCUT2D eigenvalue weighted by Gasteiger charge is -2.15. The molecule has 0 bridgehead atoms. The highest BCUT2D eigenvalue weighted by atomic mass is 79.9. The first-order chi connectivity index (χ1) is 9.56. The fourth-order valence-electron chi connectivity index (χ4n) is 1.74. The zero-order valence-electron chi connectivity index (χ0n) is 11.7. The second-order valence-electron chi connectivity index (χ2n) is 4.53. The van der Waals surface area contributed by atoms with Gasteiger partial charge >= 0.3 is 0 Å². The minimum absolute atomic E-state index is 0.0154. The minimum Gasteiger partial charge on any atom is -0.396 e. The zero-order valence-corrected chi connectivity index (χ0v) is 13.3. The Balaban J connectivity index is 2.62. The first-order valence-electron chi connectivity index (χ1n) is 6.41. The van der Waals surface area contributed by atoms with Gasteiger partial charge in [0, 0.05) is 24.3 Å². The first-order valence-corrected chi connectivity index (χ1v) is 7.20. The molecule has 1 unspecified atom stereocenters. The number of aliphatic hydroxyl groups excluding tert-OH is 1. The number of amides is 1. The maximum atomic E-state index is 11.8. The molecule has 0 aliphatic carbocycles. The molecule has 0 aliphatic rings. The van der Waals surface area contributed by atoms with Crippen molar-refractivity contribution in [1.82, 2.24) is 5.32 Å². The van der Waals surface area contributed by atoms with E-state index in [0.29, 0.717) is 13.0 Å². The maximum Gasteiger partial charge on any atom is 0.244 e. The summed E-state index contributed by atoms with van der Waals surface area (Å²) in [6.07, 6.45) is 3.71. The van der Waals surface area contributed by atoms with E-state index in [4.69, 9.17) is 9.84 Å². The Kier molecular flexibility index (Phi) is 7.51. The van der Waals surface area contributed by atoms with Crippen LogP contribution in [-0.4, -0.2) is 37.4 Å². The third-order valence-corrected chi connectivity index (χ3v) is 3.45. The molecule has 0 aliphatic heterocycles. The van der Waals surface area contributed by atoms with E-state index in [1.54, 1.807) is 13.2 Å². The molecule has 1 aromatic carbocycles. The van der Waals surface area contributed by atoms with Crippen molar-refractivity contribution in [1.29, 1.82) is 0 Å². The van der Waals surface area contributed by atoms with Crippen molar-refractivity contribution in [2.24, 2.45) is 0 Å². The lowest BCUT2D eigenvalue weighted by atomic mass is 10.1. The molecule has 1 amide bonds. The van der Waals surface area contributed by atoms with Crippen LogP contribution in [0.4, 0.5) is 0 Å². The standard InChI is InChI=1S/C15H20BrNO3/c1-11-3-4-12(14(16)9-11)5-6-15(19)17-13(7-8-18)10-20-2/h3-6,9,13,18H,7-8,10H2,1-2H3,(H,17,19)/b6-5+. The van der Waals surface area contributed by atoms with Gasteiger partial charge in [-0.25, -0.2) is 0 Å². The van der Waals surface area contributed by atoms with E-state index in [2.05, 4.69) is 21.2 Å². The van der Waals surface area contributed by atoms with Crippen molar-refractivity contribution in [3.05, 3.63) is 39.9 Å². The number of aryl methyl sites for hydroxylation is 1. The van der Waals surface area contributed by atoms with Crippen LogP contribution in [-0.2, 0) is 9.53 Å². The van der Waals surface area contributed by atoms with Crippen molar-refractivity contribution in [3.63, 3.8) is 0 Å². The van der Waals surface area contributed by atoms with Gasteiger partial charge in [0.15, 0.2) is 0 Å². The number of aliphatic hydroxyl groups is 1. The fourth-order valence-corrected chi connectivity index (χ4v) is 2.36. The largest absolute Gasteiger partial charge is 0.396 e. The molecule has 5 heteroatoms. The highest BCUT2D eigenvalue weighted by molar-refractivity contribution is 9.10. The molecule has 4 nitrogen and oxygen atoms in total.